The molecular weight excluding hydrogens is 291 g/mol. The van der Waals surface area contributed by atoms with Gasteiger partial charge in [-0.1, -0.05) is 18.2 Å². The van der Waals surface area contributed by atoms with Gasteiger partial charge in [0.25, 0.3) is 0 Å². The fourth-order valence-corrected chi connectivity index (χ4v) is 2.72. The zero-order valence-corrected chi connectivity index (χ0v) is 13.5. The minimum Gasteiger partial charge on any atom is -0.339 e. The van der Waals surface area contributed by atoms with E-state index in [9.17, 15) is 9.18 Å². The quantitative estimate of drug-likeness (QED) is 0.904. The van der Waals surface area contributed by atoms with Gasteiger partial charge < -0.3 is 10.2 Å². The summed E-state index contributed by atoms with van der Waals surface area (Å²) in [4.78, 5) is 13.8. The van der Waals surface area contributed by atoms with Crippen molar-refractivity contribution in [1.29, 1.82) is 0 Å². The molecule has 1 fully saturated rings. The van der Waals surface area contributed by atoms with Crippen molar-refractivity contribution in [2.24, 2.45) is 0 Å². The standard InChI is InChI=1S/C16H23FN2O.ClH/c1-12(14-7-3-4-8-15(14)17)19(2)16(20)10-9-13-6-5-11-18-13;/h3-4,7-8,12-13,18H,5-6,9-11H2,1-2H3;1H. The first kappa shape index (κ1) is 17.9. The van der Waals surface area contributed by atoms with Gasteiger partial charge in [-0.3, -0.25) is 4.79 Å². The highest BCUT2D eigenvalue weighted by Gasteiger charge is 2.21. The maximum atomic E-state index is 13.7. The van der Waals surface area contributed by atoms with E-state index in [-0.39, 0.29) is 30.2 Å². The van der Waals surface area contributed by atoms with E-state index in [1.807, 2.05) is 6.92 Å². The Hall–Kier alpha value is -1.13. The minimum atomic E-state index is -0.253. The second kappa shape index (κ2) is 8.35. The molecule has 0 aliphatic carbocycles. The normalized spacial score (nSPS) is 18.9. The Kier molecular flexibility index (Phi) is 7.12. The number of nitrogens with one attached hydrogen (secondary N) is 1. The van der Waals surface area contributed by atoms with Crippen LogP contribution in [0.3, 0.4) is 0 Å². The van der Waals surface area contributed by atoms with Gasteiger partial charge in [-0.2, -0.15) is 0 Å². The van der Waals surface area contributed by atoms with Crippen LogP contribution in [0.2, 0.25) is 0 Å². The summed E-state index contributed by atoms with van der Waals surface area (Å²) in [5.41, 5.74) is 0.572. The van der Waals surface area contributed by atoms with Gasteiger partial charge >= 0.3 is 0 Å². The maximum absolute atomic E-state index is 13.7. The number of benzene rings is 1. The average Bonchev–Trinajstić information content (AvgIpc) is 2.97. The third kappa shape index (κ3) is 4.68. The van der Waals surface area contributed by atoms with Crippen LogP contribution in [0.1, 0.15) is 44.2 Å². The van der Waals surface area contributed by atoms with E-state index in [4.69, 9.17) is 0 Å². The van der Waals surface area contributed by atoms with E-state index < -0.39 is 0 Å². The third-order valence-corrected chi connectivity index (χ3v) is 4.20. The Morgan fingerprint density at radius 3 is 2.81 bits per heavy atom. The summed E-state index contributed by atoms with van der Waals surface area (Å²) in [6, 6.07) is 6.88. The number of rotatable bonds is 5. The summed E-state index contributed by atoms with van der Waals surface area (Å²) in [7, 11) is 1.75. The smallest absolute Gasteiger partial charge is 0.222 e. The highest BCUT2D eigenvalue weighted by molar-refractivity contribution is 5.85. The van der Waals surface area contributed by atoms with Gasteiger partial charge in [0.2, 0.25) is 5.91 Å². The van der Waals surface area contributed by atoms with E-state index in [1.54, 1.807) is 30.1 Å². The Morgan fingerprint density at radius 2 is 2.19 bits per heavy atom. The molecule has 1 aliphatic rings. The van der Waals surface area contributed by atoms with Crippen molar-refractivity contribution in [2.75, 3.05) is 13.6 Å². The predicted octanol–water partition coefficient (Wildman–Crippen LogP) is 3.30. The van der Waals surface area contributed by atoms with Gasteiger partial charge in [0.1, 0.15) is 5.82 Å². The summed E-state index contributed by atoms with van der Waals surface area (Å²) in [5, 5.41) is 3.39. The summed E-state index contributed by atoms with van der Waals surface area (Å²) in [6.45, 7) is 2.92. The van der Waals surface area contributed by atoms with Gasteiger partial charge in [0, 0.05) is 25.1 Å². The van der Waals surface area contributed by atoms with E-state index >= 15 is 0 Å². The minimum absolute atomic E-state index is 0. The van der Waals surface area contributed by atoms with Crippen LogP contribution in [0, 0.1) is 5.82 Å². The topological polar surface area (TPSA) is 32.3 Å². The van der Waals surface area contributed by atoms with Gasteiger partial charge in [0.05, 0.1) is 6.04 Å². The lowest BCUT2D eigenvalue weighted by Gasteiger charge is -2.26. The van der Waals surface area contributed by atoms with Crippen molar-refractivity contribution in [1.82, 2.24) is 10.2 Å². The van der Waals surface area contributed by atoms with E-state index in [0.29, 0.717) is 18.0 Å². The number of halogens is 2. The molecule has 2 rings (SSSR count). The van der Waals surface area contributed by atoms with Crippen LogP contribution in [0.15, 0.2) is 24.3 Å². The number of nitrogens with zero attached hydrogens (tertiary/aromatic N) is 1. The molecule has 2 unspecified atom stereocenters. The average molecular weight is 315 g/mol. The number of carbonyl (C=O) groups excluding carboxylic acids is 1. The third-order valence-electron chi connectivity index (χ3n) is 4.20. The zero-order valence-electron chi connectivity index (χ0n) is 12.6. The van der Waals surface area contributed by atoms with Crippen molar-refractivity contribution >= 4 is 18.3 Å². The number of carbonyl (C=O) groups is 1. The lowest BCUT2D eigenvalue weighted by molar-refractivity contribution is -0.132. The molecule has 1 heterocycles. The predicted molar refractivity (Wildman–Crippen MR) is 85.1 cm³/mol. The molecule has 0 aromatic heterocycles. The zero-order chi connectivity index (χ0) is 14.5. The van der Waals surface area contributed by atoms with Gasteiger partial charge in [-0.25, -0.2) is 4.39 Å². The fraction of sp³-hybridized carbons (Fsp3) is 0.562. The first-order chi connectivity index (χ1) is 9.59. The van der Waals surface area contributed by atoms with Crippen molar-refractivity contribution in [2.45, 2.75) is 44.7 Å². The summed E-state index contributed by atoms with van der Waals surface area (Å²) in [5.74, 6) is -0.174. The molecule has 0 radical (unpaired) electrons. The first-order valence-corrected chi connectivity index (χ1v) is 7.33. The molecule has 0 bridgehead atoms. The van der Waals surface area contributed by atoms with Crippen LogP contribution in [0.5, 0.6) is 0 Å². The van der Waals surface area contributed by atoms with Crippen LogP contribution in [0.4, 0.5) is 4.39 Å². The molecule has 1 aromatic rings. The molecule has 1 saturated heterocycles. The lowest BCUT2D eigenvalue weighted by Crippen LogP contribution is -2.31. The van der Waals surface area contributed by atoms with Crippen molar-refractivity contribution in [3.63, 3.8) is 0 Å². The molecule has 5 heteroatoms. The molecule has 1 N–H and O–H groups in total. The van der Waals surface area contributed by atoms with Crippen LogP contribution in [-0.2, 0) is 4.79 Å². The fourth-order valence-electron chi connectivity index (χ4n) is 2.72. The number of amides is 1. The maximum Gasteiger partial charge on any atom is 0.222 e. The molecular formula is C16H24ClFN2O. The van der Waals surface area contributed by atoms with Gasteiger partial charge in [-0.05, 0) is 38.8 Å². The second-order valence-corrected chi connectivity index (χ2v) is 5.53. The Labute approximate surface area is 132 Å². The highest BCUT2D eigenvalue weighted by atomic mass is 35.5. The van der Waals surface area contributed by atoms with Crippen molar-refractivity contribution in [3.05, 3.63) is 35.6 Å². The number of hydrogen-bond acceptors (Lipinski definition) is 2. The Balaban J connectivity index is 0.00000220. The molecule has 0 saturated carbocycles. The highest BCUT2D eigenvalue weighted by Crippen LogP contribution is 2.22. The largest absolute Gasteiger partial charge is 0.339 e. The van der Waals surface area contributed by atoms with Gasteiger partial charge in [0.15, 0.2) is 0 Å². The second-order valence-electron chi connectivity index (χ2n) is 5.53. The van der Waals surface area contributed by atoms with E-state index in [0.717, 1.165) is 19.4 Å². The van der Waals surface area contributed by atoms with Crippen molar-refractivity contribution < 1.29 is 9.18 Å². The van der Waals surface area contributed by atoms with Crippen LogP contribution in [0.25, 0.3) is 0 Å². The molecule has 2 atom stereocenters. The molecule has 0 spiro atoms. The number of hydrogen-bond donors (Lipinski definition) is 1. The summed E-state index contributed by atoms with van der Waals surface area (Å²) >= 11 is 0. The lowest BCUT2D eigenvalue weighted by atomic mass is 10.0. The monoisotopic (exact) mass is 314 g/mol. The SMILES string of the molecule is CC(c1ccccc1F)N(C)C(=O)CCC1CCCN1.Cl. The van der Waals surface area contributed by atoms with E-state index in [2.05, 4.69) is 5.32 Å². The molecule has 1 amide bonds. The van der Waals surface area contributed by atoms with Crippen molar-refractivity contribution in [3.8, 4) is 0 Å². The molecule has 21 heavy (non-hydrogen) atoms. The molecule has 1 aromatic carbocycles. The van der Waals surface area contributed by atoms with Crippen LogP contribution in [-0.4, -0.2) is 30.4 Å². The molecule has 1 aliphatic heterocycles. The van der Waals surface area contributed by atoms with Crippen LogP contribution >= 0.6 is 12.4 Å². The summed E-state index contributed by atoms with van der Waals surface area (Å²) < 4.78 is 13.7. The Bertz CT molecular complexity index is 463. The molecule has 118 valence electrons. The van der Waals surface area contributed by atoms with Gasteiger partial charge in [-0.15, -0.1) is 12.4 Å². The van der Waals surface area contributed by atoms with Crippen LogP contribution < -0.4 is 5.32 Å². The summed E-state index contributed by atoms with van der Waals surface area (Å²) in [6.07, 6.45) is 3.74. The first-order valence-electron chi connectivity index (χ1n) is 7.33. The molecule has 3 nitrogen and oxygen atoms in total. The Morgan fingerprint density at radius 1 is 1.48 bits per heavy atom. The van der Waals surface area contributed by atoms with E-state index in [1.165, 1.54) is 12.5 Å².